The summed E-state index contributed by atoms with van der Waals surface area (Å²) in [5.74, 6) is 0.851. The summed E-state index contributed by atoms with van der Waals surface area (Å²) in [4.78, 5) is 4.09. The maximum absolute atomic E-state index is 11.6. The molecule has 0 radical (unpaired) electrons. The molecule has 0 aliphatic heterocycles. The van der Waals surface area contributed by atoms with Crippen molar-refractivity contribution in [1.82, 2.24) is 9.71 Å². The fourth-order valence-electron chi connectivity index (χ4n) is 1.70. The van der Waals surface area contributed by atoms with Gasteiger partial charge in [-0.25, -0.2) is 13.1 Å². The summed E-state index contributed by atoms with van der Waals surface area (Å²) < 4.78 is 31.0. The lowest BCUT2D eigenvalue weighted by Crippen LogP contribution is -2.25. The number of pyridine rings is 1. The van der Waals surface area contributed by atoms with Gasteiger partial charge >= 0.3 is 0 Å². The summed E-state index contributed by atoms with van der Waals surface area (Å²) in [6.07, 6.45) is 5.51. The summed E-state index contributed by atoms with van der Waals surface area (Å²) in [6, 6.07) is 5.49. The zero-order chi connectivity index (χ0) is 13.7. The largest absolute Gasteiger partial charge is 0.464 e. The Morgan fingerprint density at radius 2 is 2.21 bits per heavy atom. The number of nitrogens with one attached hydrogen (secondary N) is 1. The number of aromatic nitrogens is 1. The van der Waals surface area contributed by atoms with E-state index in [1.165, 1.54) is 0 Å². The minimum Gasteiger partial charge on any atom is -0.464 e. The average molecular weight is 280 g/mol. The number of hydrogen-bond donors (Lipinski definition) is 1. The standard InChI is InChI=1S/C13H16N2O3S/c1-2-6-19(16,17)15-9-11-7-12(10-14-8-11)13-4-3-5-18-13/h3-5,7-8,10,15H,2,6,9H2,1H3. The normalized spacial score (nSPS) is 11.6. The maximum atomic E-state index is 11.6. The second-order valence-electron chi connectivity index (χ2n) is 4.20. The summed E-state index contributed by atoms with van der Waals surface area (Å²) in [6.45, 7) is 2.07. The van der Waals surface area contributed by atoms with Gasteiger partial charge in [-0.3, -0.25) is 4.98 Å². The van der Waals surface area contributed by atoms with Crippen molar-refractivity contribution >= 4 is 10.0 Å². The fraction of sp³-hybridized carbons (Fsp3) is 0.308. The van der Waals surface area contributed by atoms with E-state index in [0.29, 0.717) is 12.2 Å². The molecule has 0 atom stereocenters. The second-order valence-corrected chi connectivity index (χ2v) is 6.13. The third kappa shape index (κ3) is 3.90. The molecule has 1 N–H and O–H groups in total. The fourth-order valence-corrected chi connectivity index (χ4v) is 2.76. The highest BCUT2D eigenvalue weighted by molar-refractivity contribution is 7.89. The van der Waals surface area contributed by atoms with Gasteiger partial charge in [0.1, 0.15) is 5.76 Å². The predicted octanol–water partition coefficient (Wildman–Crippen LogP) is 2.17. The van der Waals surface area contributed by atoms with Crippen LogP contribution in [-0.2, 0) is 16.6 Å². The van der Waals surface area contributed by atoms with Gasteiger partial charge in [-0.15, -0.1) is 0 Å². The number of rotatable bonds is 6. The first kappa shape index (κ1) is 13.8. The molecule has 2 rings (SSSR count). The number of furan rings is 1. The SMILES string of the molecule is CCCS(=O)(=O)NCc1cncc(-c2ccco2)c1. The molecule has 2 heterocycles. The molecular formula is C13H16N2O3S. The summed E-state index contributed by atoms with van der Waals surface area (Å²) in [5.41, 5.74) is 1.63. The van der Waals surface area contributed by atoms with Crippen molar-refractivity contribution in [3.63, 3.8) is 0 Å². The molecule has 0 aliphatic carbocycles. The van der Waals surface area contributed by atoms with E-state index in [2.05, 4.69) is 9.71 Å². The van der Waals surface area contributed by atoms with Crippen molar-refractivity contribution in [2.75, 3.05) is 5.75 Å². The Morgan fingerprint density at radius 1 is 1.37 bits per heavy atom. The van der Waals surface area contributed by atoms with Crippen LogP contribution in [-0.4, -0.2) is 19.2 Å². The molecule has 0 fully saturated rings. The van der Waals surface area contributed by atoms with Crippen molar-refractivity contribution in [3.8, 4) is 11.3 Å². The van der Waals surface area contributed by atoms with Crippen molar-refractivity contribution in [3.05, 3.63) is 42.4 Å². The van der Waals surface area contributed by atoms with Gasteiger partial charge < -0.3 is 4.42 Å². The highest BCUT2D eigenvalue weighted by Gasteiger charge is 2.09. The summed E-state index contributed by atoms with van der Waals surface area (Å²) in [5, 5.41) is 0. The minimum atomic E-state index is -3.20. The van der Waals surface area contributed by atoms with E-state index in [1.807, 2.05) is 19.1 Å². The molecule has 5 nitrogen and oxygen atoms in total. The molecule has 0 saturated carbocycles. The van der Waals surface area contributed by atoms with Gasteiger partial charge in [-0.1, -0.05) is 6.92 Å². The zero-order valence-corrected chi connectivity index (χ0v) is 11.5. The molecule has 0 saturated heterocycles. The van der Waals surface area contributed by atoms with Gasteiger partial charge in [0.25, 0.3) is 0 Å². The minimum absolute atomic E-state index is 0.137. The molecule has 0 bridgehead atoms. The van der Waals surface area contributed by atoms with Crippen LogP contribution in [0.2, 0.25) is 0 Å². The van der Waals surface area contributed by atoms with Gasteiger partial charge in [0.2, 0.25) is 10.0 Å². The highest BCUT2D eigenvalue weighted by atomic mass is 32.2. The number of sulfonamides is 1. The van der Waals surface area contributed by atoms with Gasteiger partial charge in [0.15, 0.2) is 0 Å². The van der Waals surface area contributed by atoms with Gasteiger partial charge in [-0.05, 0) is 30.2 Å². The van der Waals surface area contributed by atoms with E-state index in [9.17, 15) is 8.42 Å². The van der Waals surface area contributed by atoms with Gasteiger partial charge in [0.05, 0.1) is 12.0 Å². The molecule has 0 amide bonds. The van der Waals surface area contributed by atoms with Crippen LogP contribution in [0.25, 0.3) is 11.3 Å². The van der Waals surface area contributed by atoms with Gasteiger partial charge in [-0.2, -0.15) is 0 Å². The van der Waals surface area contributed by atoms with E-state index in [-0.39, 0.29) is 12.3 Å². The summed E-state index contributed by atoms with van der Waals surface area (Å²) in [7, 11) is -3.20. The Balaban J connectivity index is 2.08. The van der Waals surface area contributed by atoms with E-state index < -0.39 is 10.0 Å². The maximum Gasteiger partial charge on any atom is 0.211 e. The lowest BCUT2D eigenvalue weighted by molar-refractivity contribution is 0.579. The van der Waals surface area contributed by atoms with Crippen molar-refractivity contribution in [2.24, 2.45) is 0 Å². The van der Waals surface area contributed by atoms with E-state index >= 15 is 0 Å². The molecule has 0 unspecified atom stereocenters. The Labute approximate surface area is 112 Å². The second kappa shape index (κ2) is 5.99. The Hall–Kier alpha value is -1.66. The molecular weight excluding hydrogens is 264 g/mol. The van der Waals surface area contributed by atoms with Crippen LogP contribution in [0.1, 0.15) is 18.9 Å². The third-order valence-corrected chi connectivity index (χ3v) is 4.10. The van der Waals surface area contributed by atoms with Crippen molar-refractivity contribution < 1.29 is 12.8 Å². The molecule has 0 aromatic carbocycles. The monoisotopic (exact) mass is 280 g/mol. The first-order valence-electron chi connectivity index (χ1n) is 6.06. The van der Waals surface area contributed by atoms with Crippen LogP contribution < -0.4 is 4.72 Å². The molecule has 102 valence electrons. The van der Waals surface area contributed by atoms with E-state index in [0.717, 1.165) is 11.1 Å². The van der Waals surface area contributed by atoms with Crippen LogP contribution in [0.4, 0.5) is 0 Å². The van der Waals surface area contributed by atoms with Gasteiger partial charge in [0, 0.05) is 24.5 Å². The predicted molar refractivity (Wildman–Crippen MR) is 72.9 cm³/mol. The zero-order valence-electron chi connectivity index (χ0n) is 10.7. The van der Waals surface area contributed by atoms with Crippen LogP contribution >= 0.6 is 0 Å². The Bertz CT molecular complexity index is 621. The molecule has 6 heteroatoms. The molecule has 0 spiro atoms. The third-order valence-electron chi connectivity index (χ3n) is 2.57. The smallest absolute Gasteiger partial charge is 0.211 e. The van der Waals surface area contributed by atoms with Crippen LogP contribution in [0, 0.1) is 0 Å². The average Bonchev–Trinajstić information content (AvgIpc) is 2.91. The molecule has 2 aromatic heterocycles. The van der Waals surface area contributed by atoms with Crippen molar-refractivity contribution in [1.29, 1.82) is 0 Å². The summed E-state index contributed by atoms with van der Waals surface area (Å²) >= 11 is 0. The first-order chi connectivity index (χ1) is 9.11. The van der Waals surface area contributed by atoms with Crippen LogP contribution in [0.3, 0.4) is 0 Å². The number of nitrogens with zero attached hydrogens (tertiary/aromatic N) is 1. The first-order valence-corrected chi connectivity index (χ1v) is 7.71. The van der Waals surface area contributed by atoms with E-state index in [4.69, 9.17) is 4.42 Å². The van der Waals surface area contributed by atoms with Crippen LogP contribution in [0.5, 0.6) is 0 Å². The molecule has 0 aliphatic rings. The quantitative estimate of drug-likeness (QED) is 0.880. The molecule has 19 heavy (non-hydrogen) atoms. The van der Waals surface area contributed by atoms with Crippen LogP contribution in [0.15, 0.2) is 41.3 Å². The lowest BCUT2D eigenvalue weighted by Gasteiger charge is -2.06. The Morgan fingerprint density at radius 3 is 2.89 bits per heavy atom. The van der Waals surface area contributed by atoms with Crippen molar-refractivity contribution in [2.45, 2.75) is 19.9 Å². The number of hydrogen-bond acceptors (Lipinski definition) is 4. The lowest BCUT2D eigenvalue weighted by atomic mass is 10.2. The Kier molecular flexibility index (Phi) is 4.34. The topological polar surface area (TPSA) is 72.2 Å². The highest BCUT2D eigenvalue weighted by Crippen LogP contribution is 2.19. The van der Waals surface area contributed by atoms with E-state index in [1.54, 1.807) is 24.7 Å². The molecule has 2 aromatic rings.